The van der Waals surface area contributed by atoms with Crippen LogP contribution in [0.1, 0.15) is 18.2 Å². The average molecular weight is 370 g/mol. The van der Waals surface area contributed by atoms with Crippen LogP contribution in [0, 0.1) is 6.92 Å². The Bertz CT molecular complexity index is 734. The summed E-state index contributed by atoms with van der Waals surface area (Å²) in [6.45, 7) is 4.98. The fourth-order valence-corrected chi connectivity index (χ4v) is 3.20. The largest absolute Gasteiger partial charge is 0.503 e. The highest BCUT2D eigenvalue weighted by atomic mass is 79.9. The summed E-state index contributed by atoms with van der Waals surface area (Å²) in [5.74, 6) is 0.464. The zero-order valence-corrected chi connectivity index (χ0v) is 14.4. The van der Waals surface area contributed by atoms with E-state index in [9.17, 15) is 5.11 Å². The molecule has 1 heterocycles. The molecular weight excluding hydrogens is 354 g/mol. The van der Waals surface area contributed by atoms with Crippen molar-refractivity contribution in [1.29, 1.82) is 0 Å². The number of benzene rings is 1. The molecule has 0 radical (unpaired) electrons. The van der Waals surface area contributed by atoms with Crippen molar-refractivity contribution in [2.24, 2.45) is 10.2 Å². The number of halogens is 1. The molecule has 2 rings (SSSR count). The Morgan fingerprint density at radius 3 is 2.90 bits per heavy atom. The number of phenols is 1. The molecule has 21 heavy (non-hydrogen) atoms. The van der Waals surface area contributed by atoms with Crippen LogP contribution < -0.4 is 9.54 Å². The number of phenolic OH excluding ortho intramolecular Hbond substituents is 1. The Balaban J connectivity index is 2.32. The van der Waals surface area contributed by atoms with Crippen molar-refractivity contribution in [2.75, 3.05) is 7.11 Å². The van der Waals surface area contributed by atoms with Crippen molar-refractivity contribution in [2.45, 2.75) is 20.4 Å². The molecule has 7 heteroatoms. The molecule has 0 unspecified atom stereocenters. The Morgan fingerprint density at radius 1 is 1.48 bits per heavy atom. The lowest BCUT2D eigenvalue weighted by Gasteiger charge is -2.05. The van der Waals surface area contributed by atoms with Gasteiger partial charge in [-0.3, -0.25) is 0 Å². The summed E-state index contributed by atoms with van der Waals surface area (Å²) in [6.07, 6.45) is 1.63. The van der Waals surface area contributed by atoms with Gasteiger partial charge in [0.25, 0.3) is 0 Å². The van der Waals surface area contributed by atoms with Crippen LogP contribution in [0.2, 0.25) is 0 Å². The summed E-state index contributed by atoms with van der Waals surface area (Å²) in [5.41, 5.74) is 1.96. The van der Waals surface area contributed by atoms with Gasteiger partial charge < -0.3 is 14.4 Å². The maximum absolute atomic E-state index is 9.75. The van der Waals surface area contributed by atoms with Crippen LogP contribution in [0.5, 0.6) is 11.5 Å². The van der Waals surface area contributed by atoms with Crippen LogP contribution >= 0.6 is 27.3 Å². The Morgan fingerprint density at radius 2 is 2.24 bits per heavy atom. The third kappa shape index (κ3) is 3.54. The number of nitrogens with zero attached hydrogens (tertiary/aromatic N) is 3. The summed E-state index contributed by atoms with van der Waals surface area (Å²) in [5, 5.41) is 20.2. The van der Waals surface area contributed by atoms with Gasteiger partial charge in [0, 0.05) is 17.6 Å². The number of aromatic nitrogens is 1. The lowest BCUT2D eigenvalue weighted by Crippen LogP contribution is -2.14. The van der Waals surface area contributed by atoms with Crippen LogP contribution in [0.15, 0.2) is 32.2 Å². The topological polar surface area (TPSA) is 59.1 Å². The van der Waals surface area contributed by atoms with Crippen LogP contribution in [-0.2, 0) is 6.54 Å². The van der Waals surface area contributed by atoms with E-state index < -0.39 is 0 Å². The molecule has 5 nitrogen and oxygen atoms in total. The maximum atomic E-state index is 9.75. The summed E-state index contributed by atoms with van der Waals surface area (Å²) >= 11 is 4.83. The van der Waals surface area contributed by atoms with E-state index in [0.717, 1.165) is 16.9 Å². The second-order valence-electron chi connectivity index (χ2n) is 4.30. The van der Waals surface area contributed by atoms with Crippen molar-refractivity contribution in [3.8, 4) is 11.5 Å². The van der Waals surface area contributed by atoms with Crippen LogP contribution in [-0.4, -0.2) is 23.0 Å². The Labute approximate surface area is 135 Å². The van der Waals surface area contributed by atoms with E-state index in [1.807, 2.05) is 6.92 Å². The molecule has 1 aromatic heterocycles. The van der Waals surface area contributed by atoms with Gasteiger partial charge in [-0.05, 0) is 47.5 Å². The van der Waals surface area contributed by atoms with Gasteiger partial charge in [-0.2, -0.15) is 5.10 Å². The average Bonchev–Trinajstić information content (AvgIpc) is 2.82. The maximum Gasteiger partial charge on any atom is 0.210 e. The lowest BCUT2D eigenvalue weighted by molar-refractivity contribution is 0.372. The molecule has 0 spiro atoms. The van der Waals surface area contributed by atoms with Gasteiger partial charge in [-0.1, -0.05) is 0 Å². The predicted molar refractivity (Wildman–Crippen MR) is 88.2 cm³/mol. The molecule has 0 amide bonds. The first-order valence-electron chi connectivity index (χ1n) is 6.35. The summed E-state index contributed by atoms with van der Waals surface area (Å²) in [7, 11) is 1.51. The predicted octanol–water partition coefficient (Wildman–Crippen LogP) is 3.29. The van der Waals surface area contributed by atoms with Gasteiger partial charge >= 0.3 is 0 Å². The molecule has 0 saturated heterocycles. The lowest BCUT2D eigenvalue weighted by atomic mass is 10.2. The van der Waals surface area contributed by atoms with E-state index in [-0.39, 0.29) is 5.75 Å². The third-order valence-corrected chi connectivity index (χ3v) is 4.50. The van der Waals surface area contributed by atoms with Crippen molar-refractivity contribution >= 4 is 33.5 Å². The molecule has 0 fully saturated rings. The number of thiazole rings is 1. The molecule has 2 aromatic rings. The van der Waals surface area contributed by atoms with Gasteiger partial charge in [0.2, 0.25) is 4.80 Å². The van der Waals surface area contributed by atoms with Crippen molar-refractivity contribution < 1.29 is 9.84 Å². The normalized spacial score (nSPS) is 12.3. The summed E-state index contributed by atoms with van der Waals surface area (Å²) < 4.78 is 7.74. The minimum atomic E-state index is 0.0734. The van der Waals surface area contributed by atoms with E-state index in [1.54, 1.807) is 29.7 Å². The zero-order valence-electron chi connectivity index (χ0n) is 12.0. The molecule has 0 aliphatic heterocycles. The van der Waals surface area contributed by atoms with Gasteiger partial charge in [-0.25, -0.2) is 0 Å². The van der Waals surface area contributed by atoms with Gasteiger partial charge in [0.1, 0.15) is 0 Å². The Hall–Kier alpha value is -1.60. The number of ether oxygens (including phenoxy) is 1. The van der Waals surface area contributed by atoms with Gasteiger partial charge in [0.05, 0.1) is 17.8 Å². The highest BCUT2D eigenvalue weighted by Gasteiger charge is 2.07. The first-order chi connectivity index (χ1) is 10.1. The fourth-order valence-electron chi connectivity index (χ4n) is 1.85. The number of hydrogen-bond donors (Lipinski definition) is 1. The molecule has 0 aliphatic rings. The molecule has 1 N–H and O–H groups in total. The number of aromatic hydroxyl groups is 1. The number of hydrogen-bond acceptors (Lipinski definition) is 5. The second kappa shape index (κ2) is 6.91. The highest BCUT2D eigenvalue weighted by Crippen LogP contribution is 2.34. The number of methoxy groups -OCH3 is 1. The van der Waals surface area contributed by atoms with Crippen LogP contribution in [0.4, 0.5) is 0 Å². The van der Waals surface area contributed by atoms with E-state index in [2.05, 4.69) is 43.0 Å². The van der Waals surface area contributed by atoms with Crippen LogP contribution in [0.25, 0.3) is 0 Å². The second-order valence-corrected chi connectivity index (χ2v) is 5.99. The number of rotatable bonds is 4. The van der Waals surface area contributed by atoms with Crippen LogP contribution in [0.3, 0.4) is 0 Å². The SMILES string of the molecule is CCn1c(C)cs/c1=N\N=C\c1cc(Br)c(O)c(OC)c1. The number of aryl methyl sites for hydroxylation is 1. The zero-order chi connectivity index (χ0) is 15.4. The van der Waals surface area contributed by atoms with Crippen molar-refractivity contribution in [1.82, 2.24) is 4.57 Å². The minimum Gasteiger partial charge on any atom is -0.503 e. The van der Waals surface area contributed by atoms with E-state index in [4.69, 9.17) is 4.74 Å². The van der Waals surface area contributed by atoms with Crippen molar-refractivity contribution in [3.05, 3.63) is 38.0 Å². The first kappa shape index (κ1) is 15.8. The molecule has 0 atom stereocenters. The van der Waals surface area contributed by atoms with Gasteiger partial charge in [-0.15, -0.1) is 16.4 Å². The third-order valence-electron chi connectivity index (χ3n) is 2.93. The highest BCUT2D eigenvalue weighted by molar-refractivity contribution is 9.10. The monoisotopic (exact) mass is 369 g/mol. The van der Waals surface area contributed by atoms with Crippen molar-refractivity contribution in [3.63, 3.8) is 0 Å². The summed E-state index contributed by atoms with van der Waals surface area (Å²) in [6, 6.07) is 3.46. The fraction of sp³-hybridized carbons (Fsp3) is 0.286. The first-order valence-corrected chi connectivity index (χ1v) is 8.02. The molecule has 0 saturated carbocycles. The van der Waals surface area contributed by atoms with Gasteiger partial charge in [0.15, 0.2) is 11.5 Å². The standard InChI is InChI=1S/C14H16BrN3O2S/c1-4-18-9(2)8-21-14(18)17-16-7-10-5-11(15)13(19)12(6-10)20-3/h5-8,19H,4H2,1-3H3/b16-7+,17-14-. The quantitative estimate of drug-likeness (QED) is 0.663. The molecule has 0 bridgehead atoms. The molecule has 1 aromatic carbocycles. The molecule has 0 aliphatic carbocycles. The Kier molecular flexibility index (Phi) is 5.19. The van der Waals surface area contributed by atoms with E-state index >= 15 is 0 Å². The smallest absolute Gasteiger partial charge is 0.210 e. The minimum absolute atomic E-state index is 0.0734. The molecular formula is C14H16BrN3O2S. The summed E-state index contributed by atoms with van der Waals surface area (Å²) in [4.78, 5) is 0.857. The van der Waals surface area contributed by atoms with E-state index in [0.29, 0.717) is 10.2 Å². The van der Waals surface area contributed by atoms with E-state index in [1.165, 1.54) is 12.8 Å². The molecule has 112 valence electrons.